The number of nitrogens with zero attached hydrogens (tertiary/aromatic N) is 1. The Morgan fingerprint density at radius 1 is 1.03 bits per heavy atom. The van der Waals surface area contributed by atoms with Crippen LogP contribution in [0.1, 0.15) is 54.1 Å². The van der Waals surface area contributed by atoms with Gasteiger partial charge in [0.2, 0.25) is 15.9 Å². The molecule has 1 N–H and O–H groups in total. The molecule has 0 aliphatic carbocycles. The Balaban J connectivity index is 2.36. The number of aryl methyl sites for hydroxylation is 4. The van der Waals surface area contributed by atoms with Crippen LogP contribution >= 0.6 is 0 Å². The molecule has 2 atom stereocenters. The predicted octanol–water partition coefficient (Wildman–Crippen LogP) is 4.34. The van der Waals surface area contributed by atoms with Crippen molar-refractivity contribution in [1.29, 1.82) is 0 Å². The monoisotopic (exact) mass is 416 g/mol. The van der Waals surface area contributed by atoms with Gasteiger partial charge in [-0.2, -0.15) is 0 Å². The first kappa shape index (κ1) is 22.9. The Kier molecular flexibility index (Phi) is 7.11. The van der Waals surface area contributed by atoms with Crippen LogP contribution in [0.15, 0.2) is 36.4 Å². The number of sulfonamides is 1. The molecule has 2 unspecified atom stereocenters. The molecule has 0 aliphatic heterocycles. The lowest BCUT2D eigenvalue weighted by molar-refractivity contribution is -0.122. The molecule has 0 aromatic heterocycles. The molecule has 5 nitrogen and oxygen atoms in total. The molecule has 158 valence electrons. The van der Waals surface area contributed by atoms with E-state index in [2.05, 4.69) is 24.4 Å². The van der Waals surface area contributed by atoms with Crippen LogP contribution in [0.4, 0.5) is 5.69 Å². The summed E-state index contributed by atoms with van der Waals surface area (Å²) >= 11 is 0. The Morgan fingerprint density at radius 2 is 1.66 bits per heavy atom. The fourth-order valence-corrected chi connectivity index (χ4v) is 4.87. The number of carbonyl (C=O) groups is 1. The van der Waals surface area contributed by atoms with E-state index in [1.54, 1.807) is 18.2 Å². The molecule has 2 aromatic rings. The predicted molar refractivity (Wildman–Crippen MR) is 120 cm³/mol. The first-order valence-electron chi connectivity index (χ1n) is 9.89. The summed E-state index contributed by atoms with van der Waals surface area (Å²) in [6.07, 6.45) is 1.51. The molecule has 0 fully saturated rings. The van der Waals surface area contributed by atoms with Crippen molar-refractivity contribution in [2.75, 3.05) is 10.6 Å². The second kappa shape index (κ2) is 8.99. The molecule has 0 saturated heterocycles. The van der Waals surface area contributed by atoms with E-state index in [4.69, 9.17) is 0 Å². The highest BCUT2D eigenvalue weighted by atomic mass is 32.2. The molecule has 0 aliphatic rings. The maximum absolute atomic E-state index is 13.2. The van der Waals surface area contributed by atoms with Gasteiger partial charge in [-0.15, -0.1) is 0 Å². The van der Waals surface area contributed by atoms with Gasteiger partial charge in [0.05, 0.1) is 18.0 Å². The summed E-state index contributed by atoms with van der Waals surface area (Å²) in [6, 6.07) is 10.4. The summed E-state index contributed by atoms with van der Waals surface area (Å²) in [7, 11) is -3.64. The van der Waals surface area contributed by atoms with Crippen LogP contribution in [0.25, 0.3) is 0 Å². The third kappa shape index (κ3) is 5.38. The van der Waals surface area contributed by atoms with Crippen LogP contribution in [0.5, 0.6) is 0 Å². The zero-order chi connectivity index (χ0) is 21.9. The summed E-state index contributed by atoms with van der Waals surface area (Å²) in [5, 5.41) is 3.03. The molecule has 6 heteroatoms. The highest BCUT2D eigenvalue weighted by Crippen LogP contribution is 2.25. The van der Waals surface area contributed by atoms with Crippen LogP contribution in [0.2, 0.25) is 0 Å². The van der Waals surface area contributed by atoms with Gasteiger partial charge in [-0.05, 0) is 81.0 Å². The Bertz CT molecular complexity index is 999. The van der Waals surface area contributed by atoms with E-state index in [0.717, 1.165) is 28.5 Å². The maximum Gasteiger partial charge on any atom is 0.244 e. The summed E-state index contributed by atoms with van der Waals surface area (Å²) in [6.45, 7) is 11.8. The van der Waals surface area contributed by atoms with E-state index in [1.807, 2.05) is 40.7 Å². The normalized spacial score (nSPS) is 13.6. The van der Waals surface area contributed by atoms with E-state index in [1.165, 1.54) is 9.87 Å². The van der Waals surface area contributed by atoms with Crippen LogP contribution in [-0.4, -0.2) is 26.6 Å². The fourth-order valence-electron chi connectivity index (χ4n) is 3.66. The standard InChI is InChI=1S/C23H32N2O3S/c1-8-22(25(29(7,27)28)20-11-9-10-15(2)12-20)23(26)24-19(6)21-14-17(4)16(3)13-18(21)5/h9-14,19,22H,8H2,1-7H3,(H,24,26). The molecule has 2 aromatic carbocycles. The number of nitrogens with one attached hydrogen (secondary N) is 1. The van der Waals surface area contributed by atoms with Crippen molar-refractivity contribution < 1.29 is 13.2 Å². The van der Waals surface area contributed by atoms with E-state index in [-0.39, 0.29) is 11.9 Å². The van der Waals surface area contributed by atoms with Crippen LogP contribution in [0, 0.1) is 27.7 Å². The Labute approximate surface area is 175 Å². The number of rotatable bonds is 7. The smallest absolute Gasteiger partial charge is 0.244 e. The molecule has 2 rings (SSSR count). The van der Waals surface area contributed by atoms with Crippen molar-refractivity contribution in [3.05, 3.63) is 64.2 Å². The highest BCUT2D eigenvalue weighted by Gasteiger charge is 2.32. The fraction of sp³-hybridized carbons (Fsp3) is 0.435. The van der Waals surface area contributed by atoms with Crippen molar-refractivity contribution in [3.8, 4) is 0 Å². The van der Waals surface area contributed by atoms with Gasteiger partial charge in [0.1, 0.15) is 6.04 Å². The maximum atomic E-state index is 13.2. The molecule has 1 amide bonds. The zero-order valence-corrected chi connectivity index (χ0v) is 19.2. The molecular weight excluding hydrogens is 384 g/mol. The van der Waals surface area contributed by atoms with Gasteiger partial charge in [0.25, 0.3) is 0 Å². The van der Waals surface area contributed by atoms with E-state index >= 15 is 0 Å². The number of benzene rings is 2. The lowest BCUT2D eigenvalue weighted by atomic mass is 9.96. The van der Waals surface area contributed by atoms with Gasteiger partial charge in [-0.3, -0.25) is 9.10 Å². The number of amides is 1. The Morgan fingerprint density at radius 3 is 2.21 bits per heavy atom. The minimum Gasteiger partial charge on any atom is -0.348 e. The van der Waals surface area contributed by atoms with Gasteiger partial charge in [0, 0.05) is 0 Å². The third-order valence-corrected chi connectivity index (χ3v) is 6.47. The van der Waals surface area contributed by atoms with Crippen molar-refractivity contribution in [2.24, 2.45) is 0 Å². The minimum atomic E-state index is -3.64. The minimum absolute atomic E-state index is 0.227. The number of anilines is 1. The number of hydrogen-bond acceptors (Lipinski definition) is 3. The lowest BCUT2D eigenvalue weighted by Gasteiger charge is -2.31. The van der Waals surface area contributed by atoms with Gasteiger partial charge < -0.3 is 5.32 Å². The van der Waals surface area contributed by atoms with Crippen molar-refractivity contribution in [3.63, 3.8) is 0 Å². The molecule has 0 heterocycles. The number of hydrogen-bond donors (Lipinski definition) is 1. The van der Waals surface area contributed by atoms with E-state index in [0.29, 0.717) is 12.1 Å². The van der Waals surface area contributed by atoms with Gasteiger partial charge in [-0.1, -0.05) is 31.2 Å². The summed E-state index contributed by atoms with van der Waals surface area (Å²) in [5.74, 6) is -0.301. The number of carbonyl (C=O) groups excluding carboxylic acids is 1. The van der Waals surface area contributed by atoms with Crippen LogP contribution in [0.3, 0.4) is 0 Å². The molecule has 29 heavy (non-hydrogen) atoms. The Hall–Kier alpha value is -2.34. The van der Waals surface area contributed by atoms with Crippen molar-refractivity contribution >= 4 is 21.6 Å². The van der Waals surface area contributed by atoms with Crippen LogP contribution < -0.4 is 9.62 Å². The van der Waals surface area contributed by atoms with Crippen molar-refractivity contribution in [2.45, 2.75) is 60.0 Å². The first-order valence-corrected chi connectivity index (χ1v) is 11.7. The van der Waals surface area contributed by atoms with Gasteiger partial charge in [0.15, 0.2) is 0 Å². The molecule has 0 bridgehead atoms. The first-order chi connectivity index (χ1) is 13.5. The third-order valence-electron chi connectivity index (χ3n) is 5.29. The average molecular weight is 417 g/mol. The molecule has 0 spiro atoms. The highest BCUT2D eigenvalue weighted by molar-refractivity contribution is 7.92. The molecular formula is C23H32N2O3S. The summed E-state index contributed by atoms with van der Waals surface area (Å²) in [5.41, 5.74) is 5.95. The SMILES string of the molecule is CCC(C(=O)NC(C)c1cc(C)c(C)cc1C)N(c1cccc(C)c1)S(C)(=O)=O. The topological polar surface area (TPSA) is 66.5 Å². The van der Waals surface area contributed by atoms with Crippen LogP contribution in [-0.2, 0) is 14.8 Å². The quantitative estimate of drug-likeness (QED) is 0.730. The summed E-state index contributed by atoms with van der Waals surface area (Å²) < 4.78 is 26.4. The zero-order valence-electron chi connectivity index (χ0n) is 18.4. The molecule has 0 radical (unpaired) electrons. The average Bonchev–Trinajstić information content (AvgIpc) is 2.61. The van der Waals surface area contributed by atoms with Gasteiger partial charge >= 0.3 is 0 Å². The largest absolute Gasteiger partial charge is 0.348 e. The van der Waals surface area contributed by atoms with Crippen molar-refractivity contribution in [1.82, 2.24) is 5.32 Å². The summed E-state index contributed by atoms with van der Waals surface area (Å²) in [4.78, 5) is 13.2. The second-order valence-corrected chi connectivity index (χ2v) is 9.70. The molecule has 0 saturated carbocycles. The van der Waals surface area contributed by atoms with E-state index < -0.39 is 16.1 Å². The van der Waals surface area contributed by atoms with Gasteiger partial charge in [-0.25, -0.2) is 8.42 Å². The lowest BCUT2D eigenvalue weighted by Crippen LogP contribution is -2.49. The second-order valence-electron chi connectivity index (χ2n) is 7.85. The van der Waals surface area contributed by atoms with E-state index in [9.17, 15) is 13.2 Å².